The fraction of sp³-hybridized carbons (Fsp3) is 0.333. The number of benzene rings is 2. The van der Waals surface area contributed by atoms with Gasteiger partial charge in [0.1, 0.15) is 12.2 Å². The number of anilines is 1. The Bertz CT molecular complexity index is 952. The lowest BCUT2D eigenvalue weighted by atomic mass is 10.1. The van der Waals surface area contributed by atoms with Crippen LogP contribution in [0.2, 0.25) is 0 Å². The molecule has 2 saturated heterocycles. The Morgan fingerprint density at radius 3 is 2.60 bits per heavy atom. The first-order valence-electron chi connectivity index (χ1n) is 9.64. The first-order valence-corrected chi connectivity index (χ1v) is 9.64. The standard InChI is InChI=1S/C21H20N2O7/c24-20(12-6-7-15-16(8-12)29-11-28-15)23-14-9-26-19-17(10-27-18(14)19)30-21(25)22-13-4-2-1-3-5-13/h1-8,14,17-19H,9-11H2,(H,22,25)(H,23,24)/t14-,17+,18+,19+/m0/s1. The van der Waals surface area contributed by atoms with E-state index in [0.717, 1.165) is 0 Å². The first kappa shape index (κ1) is 18.7. The highest BCUT2D eigenvalue weighted by Crippen LogP contribution is 2.33. The summed E-state index contributed by atoms with van der Waals surface area (Å²) >= 11 is 0. The number of ether oxygens (including phenoxy) is 5. The number of carbonyl (C=O) groups excluding carboxylic acids is 2. The molecule has 30 heavy (non-hydrogen) atoms. The van der Waals surface area contributed by atoms with E-state index in [1.807, 2.05) is 18.2 Å². The lowest BCUT2D eigenvalue weighted by molar-refractivity contribution is 0.00862. The smallest absolute Gasteiger partial charge is 0.412 e. The Morgan fingerprint density at radius 2 is 1.73 bits per heavy atom. The van der Waals surface area contributed by atoms with Gasteiger partial charge in [0, 0.05) is 11.3 Å². The second-order valence-electron chi connectivity index (χ2n) is 7.18. The SMILES string of the molecule is O=C(Nc1ccccc1)O[C@@H]1CO[C@H]2[C@@H]1OC[C@@H]2NC(=O)c1ccc2c(c1)OCO2. The zero-order valence-corrected chi connectivity index (χ0v) is 15.9. The summed E-state index contributed by atoms with van der Waals surface area (Å²) in [6, 6.07) is 13.7. The molecule has 0 spiro atoms. The number of rotatable bonds is 4. The van der Waals surface area contributed by atoms with E-state index in [1.54, 1.807) is 30.3 Å². The molecule has 3 aliphatic heterocycles. The lowest BCUT2D eigenvalue weighted by Gasteiger charge is -2.18. The molecule has 2 amide bonds. The van der Waals surface area contributed by atoms with E-state index >= 15 is 0 Å². The molecule has 3 heterocycles. The molecule has 3 aliphatic rings. The van der Waals surface area contributed by atoms with Crippen LogP contribution in [0.15, 0.2) is 48.5 Å². The van der Waals surface area contributed by atoms with Gasteiger partial charge in [-0.3, -0.25) is 10.1 Å². The highest BCUT2D eigenvalue weighted by molar-refractivity contribution is 5.95. The summed E-state index contributed by atoms with van der Waals surface area (Å²) in [5.41, 5.74) is 1.09. The van der Waals surface area contributed by atoms with Gasteiger partial charge in [0.15, 0.2) is 17.6 Å². The molecule has 2 fully saturated rings. The third-order valence-electron chi connectivity index (χ3n) is 5.24. The second kappa shape index (κ2) is 7.85. The summed E-state index contributed by atoms with van der Waals surface area (Å²) in [5, 5.41) is 5.60. The minimum atomic E-state index is -0.577. The van der Waals surface area contributed by atoms with Gasteiger partial charge in [-0.05, 0) is 30.3 Å². The van der Waals surface area contributed by atoms with Crippen molar-refractivity contribution in [3.8, 4) is 11.5 Å². The summed E-state index contributed by atoms with van der Waals surface area (Å²) in [7, 11) is 0. The molecule has 2 aromatic carbocycles. The summed E-state index contributed by atoms with van der Waals surface area (Å²) in [5.74, 6) is 0.888. The Labute approximate surface area is 172 Å². The zero-order valence-electron chi connectivity index (χ0n) is 15.9. The number of hydrogen-bond acceptors (Lipinski definition) is 7. The normalized spacial score (nSPS) is 26.1. The molecule has 0 radical (unpaired) electrons. The number of nitrogens with one attached hydrogen (secondary N) is 2. The van der Waals surface area contributed by atoms with E-state index in [2.05, 4.69) is 10.6 Å². The molecule has 9 heteroatoms. The van der Waals surface area contributed by atoms with Crippen LogP contribution in [0.4, 0.5) is 10.5 Å². The predicted octanol–water partition coefficient (Wildman–Crippen LogP) is 1.93. The molecule has 9 nitrogen and oxygen atoms in total. The highest BCUT2D eigenvalue weighted by atomic mass is 16.7. The molecular formula is C21H20N2O7. The number of fused-ring (bicyclic) bond motifs is 2. The monoisotopic (exact) mass is 412 g/mol. The molecule has 0 saturated carbocycles. The van der Waals surface area contributed by atoms with Crippen molar-refractivity contribution in [2.75, 3.05) is 25.3 Å². The molecule has 2 N–H and O–H groups in total. The summed E-state index contributed by atoms with van der Waals surface area (Å²) < 4.78 is 27.6. The maximum atomic E-state index is 12.6. The van der Waals surface area contributed by atoms with Gasteiger partial charge in [0.2, 0.25) is 6.79 Å². The van der Waals surface area contributed by atoms with Gasteiger partial charge < -0.3 is 29.0 Å². The molecule has 0 bridgehead atoms. The fourth-order valence-corrected chi connectivity index (χ4v) is 3.78. The summed E-state index contributed by atoms with van der Waals surface area (Å²) in [6.07, 6.45) is -1.95. The van der Waals surface area contributed by atoms with Gasteiger partial charge in [-0.1, -0.05) is 18.2 Å². The van der Waals surface area contributed by atoms with E-state index in [9.17, 15) is 9.59 Å². The molecule has 0 aliphatic carbocycles. The van der Waals surface area contributed by atoms with Gasteiger partial charge >= 0.3 is 6.09 Å². The highest BCUT2D eigenvalue weighted by Gasteiger charge is 2.50. The van der Waals surface area contributed by atoms with Crippen LogP contribution in [0.25, 0.3) is 0 Å². The predicted molar refractivity (Wildman–Crippen MR) is 104 cm³/mol. The fourth-order valence-electron chi connectivity index (χ4n) is 3.78. The second-order valence-corrected chi connectivity index (χ2v) is 7.18. The largest absolute Gasteiger partial charge is 0.454 e. The Morgan fingerprint density at radius 1 is 0.933 bits per heavy atom. The number of amides is 2. The Balaban J connectivity index is 1.17. The first-order chi connectivity index (χ1) is 14.7. The minimum Gasteiger partial charge on any atom is -0.454 e. The van der Waals surface area contributed by atoms with Crippen LogP contribution in [0.3, 0.4) is 0 Å². The summed E-state index contributed by atoms with van der Waals surface area (Å²) in [4.78, 5) is 24.8. The third kappa shape index (κ3) is 3.64. The average Bonchev–Trinajstić information content (AvgIpc) is 3.47. The molecule has 0 unspecified atom stereocenters. The van der Waals surface area contributed by atoms with E-state index in [4.69, 9.17) is 23.7 Å². The zero-order chi connectivity index (χ0) is 20.5. The van der Waals surface area contributed by atoms with Crippen LogP contribution in [0, 0.1) is 0 Å². The number of para-hydroxylation sites is 1. The van der Waals surface area contributed by atoms with Crippen LogP contribution >= 0.6 is 0 Å². The number of carbonyl (C=O) groups is 2. The van der Waals surface area contributed by atoms with Crippen molar-refractivity contribution in [3.63, 3.8) is 0 Å². The number of hydrogen-bond donors (Lipinski definition) is 2. The molecule has 2 aromatic rings. The lowest BCUT2D eigenvalue weighted by Crippen LogP contribution is -2.44. The van der Waals surface area contributed by atoms with Crippen LogP contribution < -0.4 is 20.1 Å². The summed E-state index contributed by atoms with van der Waals surface area (Å²) in [6.45, 7) is 0.618. The topological polar surface area (TPSA) is 104 Å². The van der Waals surface area contributed by atoms with Gasteiger partial charge in [-0.25, -0.2) is 4.79 Å². The van der Waals surface area contributed by atoms with Crippen LogP contribution in [0.5, 0.6) is 11.5 Å². The van der Waals surface area contributed by atoms with Crippen LogP contribution in [0.1, 0.15) is 10.4 Å². The van der Waals surface area contributed by atoms with Crippen molar-refractivity contribution in [1.29, 1.82) is 0 Å². The molecular weight excluding hydrogens is 392 g/mol. The van der Waals surface area contributed by atoms with Crippen molar-refractivity contribution < 1.29 is 33.3 Å². The minimum absolute atomic E-state index is 0.147. The molecule has 156 valence electrons. The van der Waals surface area contributed by atoms with Crippen molar-refractivity contribution >= 4 is 17.7 Å². The van der Waals surface area contributed by atoms with E-state index in [0.29, 0.717) is 22.7 Å². The maximum Gasteiger partial charge on any atom is 0.412 e. The average molecular weight is 412 g/mol. The third-order valence-corrected chi connectivity index (χ3v) is 5.24. The molecule has 4 atom stereocenters. The van der Waals surface area contributed by atoms with Gasteiger partial charge in [-0.2, -0.15) is 0 Å². The Kier molecular flexibility index (Phi) is 4.89. The van der Waals surface area contributed by atoms with Gasteiger partial charge in [0.25, 0.3) is 5.91 Å². The quantitative estimate of drug-likeness (QED) is 0.791. The van der Waals surface area contributed by atoms with Crippen molar-refractivity contribution in [1.82, 2.24) is 5.32 Å². The van der Waals surface area contributed by atoms with Crippen molar-refractivity contribution in [2.45, 2.75) is 24.4 Å². The molecule has 5 rings (SSSR count). The van der Waals surface area contributed by atoms with E-state index in [1.165, 1.54) is 0 Å². The Hall–Kier alpha value is -3.30. The van der Waals surface area contributed by atoms with Crippen molar-refractivity contribution in [2.24, 2.45) is 0 Å². The van der Waals surface area contributed by atoms with Gasteiger partial charge in [0.05, 0.1) is 19.3 Å². The van der Waals surface area contributed by atoms with E-state index in [-0.39, 0.29) is 32.0 Å². The van der Waals surface area contributed by atoms with Crippen molar-refractivity contribution in [3.05, 3.63) is 54.1 Å². The van der Waals surface area contributed by atoms with Gasteiger partial charge in [-0.15, -0.1) is 0 Å². The van der Waals surface area contributed by atoms with Crippen LogP contribution in [-0.2, 0) is 14.2 Å². The molecule has 0 aromatic heterocycles. The van der Waals surface area contributed by atoms with Crippen LogP contribution in [-0.4, -0.2) is 56.4 Å². The maximum absolute atomic E-state index is 12.6. The van der Waals surface area contributed by atoms with E-state index < -0.39 is 24.4 Å².